The molecule has 28 heavy (non-hydrogen) atoms. The van der Waals surface area contributed by atoms with Crippen LogP contribution in [0.15, 0.2) is 28.7 Å². The molecule has 0 saturated carbocycles. The van der Waals surface area contributed by atoms with Crippen LogP contribution >= 0.6 is 0 Å². The number of rotatable bonds is 3. The lowest BCUT2D eigenvalue weighted by Gasteiger charge is -2.51. The summed E-state index contributed by atoms with van der Waals surface area (Å²) in [6.07, 6.45) is 3.10. The summed E-state index contributed by atoms with van der Waals surface area (Å²) in [5, 5.41) is 0. The summed E-state index contributed by atoms with van der Waals surface area (Å²) in [6, 6.07) is 9.61. The summed E-state index contributed by atoms with van der Waals surface area (Å²) in [5.74, 6) is 2.09. The third-order valence-electron chi connectivity index (χ3n) is 7.10. The maximum atomic E-state index is 13.5. The SMILES string of the molecule is CCc1nc(C)c(C(=O)N2C[C@H](c3ccc(C)cc3)[C@@H]3[C@H]2C2CCN3CC2)o1. The van der Waals surface area contributed by atoms with Crippen molar-refractivity contribution < 1.29 is 9.21 Å². The number of carbonyl (C=O) groups excluding carboxylic acids is 1. The zero-order valence-corrected chi connectivity index (χ0v) is 17.0. The third-order valence-corrected chi connectivity index (χ3v) is 7.10. The van der Waals surface area contributed by atoms with Crippen LogP contribution in [0.3, 0.4) is 0 Å². The molecule has 148 valence electrons. The van der Waals surface area contributed by atoms with E-state index in [4.69, 9.17) is 4.42 Å². The molecule has 3 atom stereocenters. The van der Waals surface area contributed by atoms with Gasteiger partial charge in [-0.05, 0) is 51.3 Å². The van der Waals surface area contributed by atoms with E-state index in [1.165, 1.54) is 24.0 Å². The van der Waals surface area contributed by atoms with Crippen molar-refractivity contribution in [1.29, 1.82) is 0 Å². The molecule has 5 heteroatoms. The van der Waals surface area contributed by atoms with Crippen LogP contribution in [0.5, 0.6) is 0 Å². The fraction of sp³-hybridized carbons (Fsp3) is 0.565. The molecule has 5 nitrogen and oxygen atoms in total. The molecule has 4 aliphatic rings. The summed E-state index contributed by atoms with van der Waals surface area (Å²) < 4.78 is 5.84. The Labute approximate surface area is 166 Å². The van der Waals surface area contributed by atoms with Gasteiger partial charge in [0.15, 0.2) is 5.89 Å². The number of nitrogens with zero attached hydrogens (tertiary/aromatic N) is 3. The Morgan fingerprint density at radius 3 is 2.50 bits per heavy atom. The van der Waals surface area contributed by atoms with E-state index in [9.17, 15) is 4.79 Å². The Bertz CT molecular complexity index is 880. The largest absolute Gasteiger partial charge is 0.435 e. The van der Waals surface area contributed by atoms with Gasteiger partial charge in [-0.2, -0.15) is 0 Å². The van der Waals surface area contributed by atoms with Crippen molar-refractivity contribution in [3.05, 3.63) is 52.7 Å². The third kappa shape index (κ3) is 2.71. The summed E-state index contributed by atoms with van der Waals surface area (Å²) in [7, 11) is 0. The first-order chi connectivity index (χ1) is 13.6. The van der Waals surface area contributed by atoms with E-state index in [0.29, 0.717) is 35.9 Å². The number of aromatic nitrogens is 1. The van der Waals surface area contributed by atoms with Crippen molar-refractivity contribution in [3.63, 3.8) is 0 Å². The first-order valence-corrected chi connectivity index (χ1v) is 10.6. The van der Waals surface area contributed by atoms with E-state index in [0.717, 1.165) is 25.3 Å². The van der Waals surface area contributed by atoms with Gasteiger partial charge < -0.3 is 9.32 Å². The van der Waals surface area contributed by atoms with Gasteiger partial charge in [0.05, 0.1) is 11.7 Å². The minimum absolute atomic E-state index is 0.0306. The van der Waals surface area contributed by atoms with E-state index in [1.54, 1.807) is 0 Å². The quantitative estimate of drug-likeness (QED) is 0.818. The smallest absolute Gasteiger partial charge is 0.291 e. The Morgan fingerprint density at radius 2 is 1.86 bits per heavy atom. The number of hydrogen-bond donors (Lipinski definition) is 0. The van der Waals surface area contributed by atoms with Crippen LogP contribution in [0.2, 0.25) is 0 Å². The van der Waals surface area contributed by atoms with Gasteiger partial charge >= 0.3 is 0 Å². The van der Waals surface area contributed by atoms with E-state index < -0.39 is 0 Å². The summed E-state index contributed by atoms with van der Waals surface area (Å²) in [5.41, 5.74) is 3.35. The molecular formula is C23H29N3O2. The molecule has 2 aromatic rings. The predicted octanol–water partition coefficient (Wildman–Crippen LogP) is 3.56. The number of fused-ring (bicyclic) bond motifs is 2. The number of piperidine rings is 3. The molecule has 4 fully saturated rings. The van der Waals surface area contributed by atoms with Gasteiger partial charge in [-0.25, -0.2) is 4.98 Å². The molecule has 0 aliphatic carbocycles. The van der Waals surface area contributed by atoms with Crippen LogP contribution < -0.4 is 0 Å². The van der Waals surface area contributed by atoms with Crippen molar-refractivity contribution in [2.45, 2.75) is 58.0 Å². The number of hydrogen-bond acceptors (Lipinski definition) is 4. The molecule has 5 heterocycles. The fourth-order valence-corrected chi connectivity index (χ4v) is 5.69. The molecule has 1 aromatic heterocycles. The van der Waals surface area contributed by atoms with E-state index >= 15 is 0 Å². The minimum Gasteiger partial charge on any atom is -0.435 e. The van der Waals surface area contributed by atoms with Crippen LogP contribution in [-0.4, -0.2) is 52.4 Å². The van der Waals surface area contributed by atoms with Crippen LogP contribution in [-0.2, 0) is 6.42 Å². The highest BCUT2D eigenvalue weighted by molar-refractivity contribution is 5.93. The van der Waals surface area contributed by atoms with Gasteiger partial charge in [0, 0.05) is 24.9 Å². The second-order valence-corrected chi connectivity index (χ2v) is 8.70. The topological polar surface area (TPSA) is 49.6 Å². The van der Waals surface area contributed by atoms with Gasteiger partial charge in [-0.1, -0.05) is 36.8 Å². The summed E-state index contributed by atoms with van der Waals surface area (Å²) in [6.45, 7) is 9.12. The van der Waals surface area contributed by atoms with Crippen LogP contribution in [0.25, 0.3) is 0 Å². The fourth-order valence-electron chi connectivity index (χ4n) is 5.69. The van der Waals surface area contributed by atoms with Gasteiger partial charge in [-0.15, -0.1) is 0 Å². The lowest BCUT2D eigenvalue weighted by atomic mass is 9.75. The molecule has 0 spiro atoms. The lowest BCUT2D eigenvalue weighted by Crippen LogP contribution is -2.60. The number of aryl methyl sites for hydroxylation is 3. The predicted molar refractivity (Wildman–Crippen MR) is 107 cm³/mol. The number of likely N-dealkylation sites (tertiary alicyclic amines) is 1. The summed E-state index contributed by atoms with van der Waals surface area (Å²) in [4.78, 5) is 22.7. The zero-order chi connectivity index (χ0) is 19.4. The highest BCUT2D eigenvalue weighted by Crippen LogP contribution is 2.47. The summed E-state index contributed by atoms with van der Waals surface area (Å²) >= 11 is 0. The average Bonchev–Trinajstić information content (AvgIpc) is 3.31. The minimum atomic E-state index is 0.0306. The second-order valence-electron chi connectivity index (χ2n) is 8.70. The van der Waals surface area contributed by atoms with Gasteiger partial charge in [0.1, 0.15) is 0 Å². The van der Waals surface area contributed by atoms with Crippen LogP contribution in [0, 0.1) is 19.8 Å². The monoisotopic (exact) mass is 379 g/mol. The van der Waals surface area contributed by atoms with E-state index in [1.807, 2.05) is 13.8 Å². The Morgan fingerprint density at radius 1 is 1.14 bits per heavy atom. The van der Waals surface area contributed by atoms with Crippen molar-refractivity contribution in [1.82, 2.24) is 14.8 Å². The van der Waals surface area contributed by atoms with Crippen molar-refractivity contribution in [3.8, 4) is 0 Å². The van der Waals surface area contributed by atoms with Crippen molar-refractivity contribution >= 4 is 5.91 Å². The Hall–Kier alpha value is -2.14. The maximum Gasteiger partial charge on any atom is 0.291 e. The standard InChI is InChI=1S/C23H29N3O2/c1-4-19-24-15(3)22(28-19)23(27)26-13-18(16-7-5-14(2)6-8-16)21-20(26)17-9-11-25(21)12-10-17/h5-8,17-18,20-21H,4,9-13H2,1-3H3/t18-,20-,21-/m1/s1. The Balaban J connectivity index is 1.52. The second kappa shape index (κ2) is 6.73. The van der Waals surface area contributed by atoms with Crippen molar-refractivity contribution in [2.24, 2.45) is 5.92 Å². The number of carbonyl (C=O) groups is 1. The molecule has 4 aliphatic heterocycles. The first-order valence-electron chi connectivity index (χ1n) is 10.6. The zero-order valence-electron chi connectivity index (χ0n) is 17.0. The van der Waals surface area contributed by atoms with Crippen LogP contribution in [0.4, 0.5) is 0 Å². The average molecular weight is 380 g/mol. The maximum absolute atomic E-state index is 13.5. The molecule has 1 amide bonds. The number of oxazole rings is 1. The number of benzene rings is 1. The molecule has 6 rings (SSSR count). The first kappa shape index (κ1) is 17.9. The lowest BCUT2D eigenvalue weighted by molar-refractivity contribution is -0.00435. The number of amides is 1. The molecule has 0 unspecified atom stereocenters. The van der Waals surface area contributed by atoms with Crippen LogP contribution in [0.1, 0.15) is 58.9 Å². The van der Waals surface area contributed by atoms with E-state index in [-0.39, 0.29) is 11.9 Å². The van der Waals surface area contributed by atoms with Gasteiger partial charge in [-0.3, -0.25) is 9.69 Å². The Kier molecular flexibility index (Phi) is 4.31. The molecular weight excluding hydrogens is 350 g/mol. The van der Waals surface area contributed by atoms with Gasteiger partial charge in [0.25, 0.3) is 5.91 Å². The highest BCUT2D eigenvalue weighted by Gasteiger charge is 2.55. The molecule has 1 aromatic carbocycles. The van der Waals surface area contributed by atoms with Crippen molar-refractivity contribution in [2.75, 3.05) is 19.6 Å². The molecule has 4 saturated heterocycles. The molecule has 2 bridgehead atoms. The molecule has 0 N–H and O–H groups in total. The normalized spacial score (nSPS) is 31.2. The van der Waals surface area contributed by atoms with Gasteiger partial charge in [0.2, 0.25) is 5.76 Å². The van der Waals surface area contributed by atoms with E-state index in [2.05, 4.69) is 46.0 Å². The highest BCUT2D eigenvalue weighted by atomic mass is 16.4. The molecule has 0 radical (unpaired) electrons.